The van der Waals surface area contributed by atoms with Crippen molar-refractivity contribution in [3.8, 4) is 11.5 Å². The summed E-state index contributed by atoms with van der Waals surface area (Å²) in [7, 11) is 0. The van der Waals surface area contributed by atoms with Crippen molar-refractivity contribution in [3.05, 3.63) is 23.8 Å². The fourth-order valence-electron chi connectivity index (χ4n) is 2.46. The van der Waals surface area contributed by atoms with E-state index < -0.39 is 5.54 Å². The smallest absolute Gasteiger partial charge is 0.259 e. The number of nitrogens with two attached hydrogens (primary N) is 1. The Balaban J connectivity index is 1.77. The Morgan fingerprint density at radius 1 is 1.40 bits per heavy atom. The summed E-state index contributed by atoms with van der Waals surface area (Å²) in [6.45, 7) is 1.95. The Kier molecular flexibility index (Phi) is 2.23. The third kappa shape index (κ3) is 1.56. The lowest BCUT2D eigenvalue weighted by Crippen LogP contribution is -2.44. The van der Waals surface area contributed by atoms with Gasteiger partial charge in [0, 0.05) is 17.3 Å². The number of aromatic amines is 1. The molecule has 0 unspecified atom stereocenters. The van der Waals surface area contributed by atoms with Gasteiger partial charge in [0.05, 0.1) is 11.1 Å². The molecule has 0 aliphatic heterocycles. The second-order valence-corrected chi connectivity index (χ2v) is 5.38. The van der Waals surface area contributed by atoms with Crippen LogP contribution in [-0.4, -0.2) is 25.3 Å². The van der Waals surface area contributed by atoms with Crippen LogP contribution in [-0.2, 0) is 5.54 Å². The maximum absolute atomic E-state index is 6.20. The molecule has 1 fully saturated rings. The molecule has 7 heteroatoms. The maximum atomic E-state index is 6.20. The summed E-state index contributed by atoms with van der Waals surface area (Å²) in [5.74, 6) is 1.04. The second kappa shape index (κ2) is 3.86. The van der Waals surface area contributed by atoms with Crippen LogP contribution in [0.5, 0.6) is 0 Å². The van der Waals surface area contributed by atoms with Crippen LogP contribution < -0.4 is 5.73 Å². The van der Waals surface area contributed by atoms with Crippen LogP contribution in [0.4, 0.5) is 0 Å². The van der Waals surface area contributed by atoms with E-state index in [2.05, 4.69) is 25.3 Å². The fourth-order valence-corrected chi connectivity index (χ4v) is 2.46. The molecular weight excluding hydrogens is 256 g/mol. The van der Waals surface area contributed by atoms with Gasteiger partial charge in [-0.05, 0) is 32.3 Å². The minimum Gasteiger partial charge on any atom is -0.334 e. The van der Waals surface area contributed by atoms with Gasteiger partial charge in [-0.3, -0.25) is 5.10 Å². The van der Waals surface area contributed by atoms with Gasteiger partial charge in [0.1, 0.15) is 0 Å². The molecule has 102 valence electrons. The quantitative estimate of drug-likeness (QED) is 0.733. The van der Waals surface area contributed by atoms with Gasteiger partial charge in [-0.25, -0.2) is 4.98 Å². The largest absolute Gasteiger partial charge is 0.334 e. The lowest BCUT2D eigenvalue weighted by molar-refractivity contribution is 0.229. The standard InChI is InChI=1S/C13H14N6O/c1-7-9-5-8(6-15-10(9)18-17-7)11-16-12(19-20-11)13(14)3-2-4-13/h5-6H,2-4,14H2,1H3,(H,15,17,18). The molecule has 0 saturated heterocycles. The zero-order valence-electron chi connectivity index (χ0n) is 11.1. The zero-order chi connectivity index (χ0) is 13.7. The number of hydrogen-bond acceptors (Lipinski definition) is 6. The summed E-state index contributed by atoms with van der Waals surface area (Å²) in [4.78, 5) is 8.70. The highest BCUT2D eigenvalue weighted by atomic mass is 16.5. The number of H-pyrrole nitrogens is 1. The van der Waals surface area contributed by atoms with E-state index in [1.807, 2.05) is 13.0 Å². The van der Waals surface area contributed by atoms with E-state index in [4.69, 9.17) is 10.3 Å². The first-order valence-electron chi connectivity index (χ1n) is 6.60. The van der Waals surface area contributed by atoms with Crippen LogP contribution in [0.15, 0.2) is 16.8 Å². The number of fused-ring (bicyclic) bond motifs is 1. The van der Waals surface area contributed by atoms with Crippen LogP contribution >= 0.6 is 0 Å². The minimum atomic E-state index is -0.412. The van der Waals surface area contributed by atoms with Crippen molar-refractivity contribution in [2.75, 3.05) is 0 Å². The topological polar surface area (TPSA) is 107 Å². The summed E-state index contributed by atoms with van der Waals surface area (Å²) >= 11 is 0. The molecule has 20 heavy (non-hydrogen) atoms. The summed E-state index contributed by atoms with van der Waals surface area (Å²) < 4.78 is 5.33. The van der Waals surface area contributed by atoms with Gasteiger partial charge < -0.3 is 10.3 Å². The van der Waals surface area contributed by atoms with E-state index in [1.54, 1.807) is 6.20 Å². The molecule has 1 aliphatic rings. The van der Waals surface area contributed by atoms with Crippen LogP contribution in [0.25, 0.3) is 22.5 Å². The normalized spacial score (nSPS) is 17.3. The molecule has 1 saturated carbocycles. The molecule has 3 heterocycles. The molecule has 0 spiro atoms. The van der Waals surface area contributed by atoms with Gasteiger partial charge in [0.15, 0.2) is 11.5 Å². The molecule has 4 rings (SSSR count). The van der Waals surface area contributed by atoms with Crippen molar-refractivity contribution >= 4 is 11.0 Å². The Morgan fingerprint density at radius 3 is 3.00 bits per heavy atom. The third-order valence-corrected chi connectivity index (χ3v) is 3.96. The zero-order valence-corrected chi connectivity index (χ0v) is 11.1. The average molecular weight is 270 g/mol. The first-order valence-corrected chi connectivity index (χ1v) is 6.60. The van der Waals surface area contributed by atoms with Crippen molar-refractivity contribution in [3.63, 3.8) is 0 Å². The third-order valence-electron chi connectivity index (χ3n) is 3.96. The van der Waals surface area contributed by atoms with E-state index in [1.165, 1.54) is 0 Å². The highest BCUT2D eigenvalue weighted by Crippen LogP contribution is 2.37. The van der Waals surface area contributed by atoms with Crippen LogP contribution in [0.3, 0.4) is 0 Å². The number of aryl methyl sites for hydroxylation is 1. The Hall–Kier alpha value is -2.28. The number of nitrogens with zero attached hydrogens (tertiary/aromatic N) is 4. The Bertz CT molecular complexity index is 785. The van der Waals surface area contributed by atoms with Crippen LogP contribution in [0.2, 0.25) is 0 Å². The molecular formula is C13H14N6O. The van der Waals surface area contributed by atoms with Gasteiger partial charge in [-0.15, -0.1) is 0 Å². The number of rotatable bonds is 2. The van der Waals surface area contributed by atoms with Gasteiger partial charge in [-0.1, -0.05) is 5.16 Å². The number of nitrogens with one attached hydrogen (secondary N) is 1. The minimum absolute atomic E-state index is 0.412. The average Bonchev–Trinajstić information content (AvgIpc) is 3.04. The SMILES string of the molecule is Cc1[nH]nc2ncc(-c3nc(C4(N)CCC4)no3)cc12. The first kappa shape index (κ1) is 11.5. The van der Waals surface area contributed by atoms with Gasteiger partial charge in [0.2, 0.25) is 0 Å². The summed E-state index contributed by atoms with van der Waals surface area (Å²) in [5, 5.41) is 12.0. The molecule has 0 atom stereocenters. The van der Waals surface area contributed by atoms with Crippen molar-refractivity contribution in [1.29, 1.82) is 0 Å². The maximum Gasteiger partial charge on any atom is 0.259 e. The van der Waals surface area contributed by atoms with E-state index in [9.17, 15) is 0 Å². The van der Waals surface area contributed by atoms with Crippen molar-refractivity contribution in [2.45, 2.75) is 31.7 Å². The van der Waals surface area contributed by atoms with Crippen molar-refractivity contribution < 1.29 is 4.52 Å². The van der Waals surface area contributed by atoms with Crippen molar-refractivity contribution in [2.24, 2.45) is 5.73 Å². The fraction of sp³-hybridized carbons (Fsp3) is 0.385. The van der Waals surface area contributed by atoms with Gasteiger partial charge in [-0.2, -0.15) is 10.1 Å². The Morgan fingerprint density at radius 2 is 2.25 bits per heavy atom. The van der Waals surface area contributed by atoms with E-state index in [-0.39, 0.29) is 0 Å². The number of pyridine rings is 1. The highest BCUT2D eigenvalue weighted by Gasteiger charge is 2.39. The molecule has 3 N–H and O–H groups in total. The van der Waals surface area contributed by atoms with Crippen molar-refractivity contribution in [1.82, 2.24) is 25.3 Å². The van der Waals surface area contributed by atoms with Crippen LogP contribution in [0.1, 0.15) is 30.8 Å². The molecule has 0 bridgehead atoms. The lowest BCUT2D eigenvalue weighted by atomic mass is 9.77. The van der Waals surface area contributed by atoms with Gasteiger partial charge >= 0.3 is 0 Å². The molecule has 3 aromatic rings. The summed E-state index contributed by atoms with van der Waals surface area (Å²) in [5.41, 5.74) is 8.21. The highest BCUT2D eigenvalue weighted by molar-refractivity contribution is 5.81. The first-order chi connectivity index (χ1) is 9.66. The second-order valence-electron chi connectivity index (χ2n) is 5.38. The molecule has 0 amide bonds. The molecule has 0 aromatic carbocycles. The van der Waals surface area contributed by atoms with E-state index >= 15 is 0 Å². The predicted molar refractivity (Wildman–Crippen MR) is 71.6 cm³/mol. The predicted octanol–water partition coefficient (Wildman–Crippen LogP) is 1.65. The summed E-state index contributed by atoms with van der Waals surface area (Å²) in [6.07, 6.45) is 4.61. The lowest BCUT2D eigenvalue weighted by Gasteiger charge is -2.34. The monoisotopic (exact) mass is 270 g/mol. The molecule has 1 aliphatic carbocycles. The van der Waals surface area contributed by atoms with E-state index in [0.717, 1.165) is 35.9 Å². The van der Waals surface area contributed by atoms with E-state index in [0.29, 0.717) is 17.4 Å². The molecule has 7 nitrogen and oxygen atoms in total. The van der Waals surface area contributed by atoms with Gasteiger partial charge in [0.25, 0.3) is 5.89 Å². The summed E-state index contributed by atoms with van der Waals surface area (Å²) in [6, 6.07) is 1.95. The molecule has 3 aromatic heterocycles. The molecule has 0 radical (unpaired) electrons. The number of hydrogen-bond donors (Lipinski definition) is 2. The van der Waals surface area contributed by atoms with Crippen LogP contribution in [0, 0.1) is 6.92 Å². The number of aromatic nitrogens is 5. The Labute approximate surface area is 114 Å².